The summed E-state index contributed by atoms with van der Waals surface area (Å²) in [5.41, 5.74) is 28.5. The number of likely N-dealkylation sites (tertiary alicyclic amines) is 3. The summed E-state index contributed by atoms with van der Waals surface area (Å²) in [6.07, 6.45) is -3.85. The Morgan fingerprint density at radius 3 is 1.29 bits per heavy atom. The molecule has 0 radical (unpaired) electrons. The number of aliphatic hydroxyl groups is 1. The van der Waals surface area contributed by atoms with Crippen LogP contribution in [0.2, 0.25) is 0 Å². The van der Waals surface area contributed by atoms with Crippen molar-refractivity contribution in [2.75, 3.05) is 39.3 Å². The maximum atomic E-state index is 14.7. The zero-order valence-corrected chi connectivity index (χ0v) is 72.4. The molecular weight excluding hydrogens is 1650 g/mol. The molecule has 1 aromatic carbocycles. The summed E-state index contributed by atoms with van der Waals surface area (Å²) < 4.78 is 0. The average Bonchev–Trinajstić information content (AvgIpc) is 1.64. The number of carboxylic acid groups (broad SMARTS) is 3. The number of benzene rings is 1. The molecule has 31 N–H and O–H groups in total. The van der Waals surface area contributed by atoms with E-state index in [1.165, 1.54) is 37.5 Å². The molecule has 3 heterocycles. The first-order chi connectivity index (χ1) is 59.2. The van der Waals surface area contributed by atoms with Gasteiger partial charge in [-0.25, -0.2) is 4.79 Å². The lowest BCUT2D eigenvalue weighted by molar-refractivity contribution is -0.152. The Balaban J connectivity index is 1.55. The van der Waals surface area contributed by atoms with E-state index < -0.39 is 259 Å². The van der Waals surface area contributed by atoms with Gasteiger partial charge in [-0.2, -0.15) is 0 Å². The Bertz CT molecular complexity index is 4020. The number of carbonyl (C=O) groups is 18. The van der Waals surface area contributed by atoms with Crippen LogP contribution in [0.5, 0.6) is 0 Å². The monoisotopic (exact) mass is 1780 g/mol. The van der Waals surface area contributed by atoms with Crippen LogP contribution >= 0.6 is 0 Å². The van der Waals surface area contributed by atoms with Crippen molar-refractivity contribution in [3.05, 3.63) is 35.9 Å². The Morgan fingerprint density at radius 1 is 0.421 bits per heavy atom. The second kappa shape index (κ2) is 52.3. The second-order valence-corrected chi connectivity index (χ2v) is 32.7. The van der Waals surface area contributed by atoms with Crippen LogP contribution in [0.25, 0.3) is 0 Å². The summed E-state index contributed by atoms with van der Waals surface area (Å²) in [6.45, 7) is 12.3. The number of hydrogen-bond donors (Lipinski definition) is 26. The fraction of sp³-hybridized carbons (Fsp3) is 0.658. The van der Waals surface area contributed by atoms with Gasteiger partial charge in [0.15, 0.2) is 17.9 Å². The molecule has 0 aliphatic carbocycles. The van der Waals surface area contributed by atoms with Crippen LogP contribution in [0.1, 0.15) is 177 Å². The van der Waals surface area contributed by atoms with E-state index in [-0.39, 0.29) is 122 Å². The third kappa shape index (κ3) is 35.2. The zero-order chi connectivity index (χ0) is 94.5. The van der Waals surface area contributed by atoms with E-state index in [9.17, 15) is 102 Å². The molecular formula is C79H129N25O22. The van der Waals surface area contributed by atoms with Crippen LogP contribution in [0.15, 0.2) is 30.3 Å². The van der Waals surface area contributed by atoms with Gasteiger partial charge in [0, 0.05) is 58.5 Å². The van der Waals surface area contributed by atoms with Crippen molar-refractivity contribution in [3.63, 3.8) is 0 Å². The van der Waals surface area contributed by atoms with Gasteiger partial charge in [0.25, 0.3) is 0 Å². The van der Waals surface area contributed by atoms with Gasteiger partial charge in [-0.05, 0) is 133 Å². The van der Waals surface area contributed by atoms with Crippen molar-refractivity contribution in [1.29, 1.82) is 16.2 Å². The molecule has 0 unspecified atom stereocenters. The van der Waals surface area contributed by atoms with Gasteiger partial charge >= 0.3 is 17.9 Å². The summed E-state index contributed by atoms with van der Waals surface area (Å²) in [4.78, 5) is 252. The van der Waals surface area contributed by atoms with Crippen molar-refractivity contribution in [2.24, 2.45) is 46.4 Å². The van der Waals surface area contributed by atoms with Crippen molar-refractivity contribution in [2.45, 2.75) is 274 Å². The minimum absolute atomic E-state index is 0.000221. The van der Waals surface area contributed by atoms with E-state index in [0.29, 0.717) is 24.8 Å². The van der Waals surface area contributed by atoms with Crippen molar-refractivity contribution >= 4 is 124 Å². The number of nitrogens with two attached hydrogens (primary N) is 5. The average molecular weight is 1780 g/mol. The normalized spacial score (nSPS) is 17.9. The minimum atomic E-state index is -1.94. The fourth-order valence-electron chi connectivity index (χ4n) is 14.5. The van der Waals surface area contributed by atoms with Crippen LogP contribution in [0.3, 0.4) is 0 Å². The lowest BCUT2D eigenvalue weighted by atomic mass is 9.98. The molecule has 0 saturated carbocycles. The number of guanidine groups is 3. The third-order valence-corrected chi connectivity index (χ3v) is 21.2. The SMILES string of the molecule is CC(C)C[C@H](NC(=O)[C@@H](NC(=O)[C@H](Cc1ccccc1)NC(=O)[C@@H](NC(=O)[C@@H](N)CCCNC(=N)N)[C@@H](C)O)C(C)C)C(=O)N[C@@H](CCCNC(=N)N)C(=O)N[C@H](C(=O)N[C@@H](CCCNC(=N)N)C(=O)N[C@@H](C)C(=O)N[C@@H](CCC(N)=O)C(=O)N[C@@H](CC(=O)O)C(=O)N1CCC[C@H]1C(=O)N1CCC[C@H]1C(=O)N1CCC[C@H]1C(=O)N[C@@H](CCC(=O)O)C(=O)O)C(C)C. The molecule has 15 amide bonds. The van der Waals surface area contributed by atoms with Crippen molar-refractivity contribution in [1.82, 2.24) is 89.1 Å². The van der Waals surface area contributed by atoms with E-state index in [0.717, 1.165) is 4.90 Å². The van der Waals surface area contributed by atoms with E-state index >= 15 is 0 Å². The second-order valence-electron chi connectivity index (χ2n) is 32.7. The van der Waals surface area contributed by atoms with Crippen LogP contribution in [-0.4, -0.2) is 296 Å². The largest absolute Gasteiger partial charge is 0.481 e. The summed E-state index contributed by atoms with van der Waals surface area (Å²) >= 11 is 0. The van der Waals surface area contributed by atoms with Crippen LogP contribution < -0.4 is 103 Å². The highest BCUT2D eigenvalue weighted by molar-refractivity contribution is 6.02. The van der Waals surface area contributed by atoms with Gasteiger partial charge in [-0.15, -0.1) is 0 Å². The summed E-state index contributed by atoms with van der Waals surface area (Å²) in [6, 6.07) is -13.8. The van der Waals surface area contributed by atoms with Crippen LogP contribution in [-0.2, 0) is 92.7 Å². The first-order valence-corrected chi connectivity index (χ1v) is 42.1. The molecule has 47 heteroatoms. The number of hydrogen-bond acceptors (Lipinski definition) is 23. The quantitative estimate of drug-likeness (QED) is 0.0164. The standard InChI is InChI=1S/C79H129N25O22/c1-39(2)36-50(96-71(120)60(41(5)6)100-68(117)51(37-44-18-10-9-11-19-44)97-72(121)61(43(8)105)101-63(112)45(80)20-12-30-88-77(82)83)67(116)93-47(22-14-32-90-79(86)87)66(115)99-59(40(3)4)70(119)94-46(21-13-31-89-78(84)85)64(113)91-42(7)62(111)92-48(26-28-56(81)106)65(114)98-52(38-58(109)110)73(122)103-34-16-24-54(103)75(124)104-35-17-25-55(104)74(123)102-33-15-23-53(102)69(118)95-49(76(125)126)27-29-57(107)108/h9-11,18-19,39-43,45-55,59-61,105H,12-17,20-38,80H2,1-8H3,(H2,81,106)(H,91,113)(H,92,111)(H,93,116)(H,94,119)(H,95,118)(H,96,120)(H,97,121)(H,98,114)(H,99,115)(H,100,117)(H,101,112)(H,107,108)(H,109,110)(H,125,126)(H4,82,83,88)(H4,84,85,89)(H4,86,87,90)/t42-,43+,45-,46-,47-,48-,49-,50-,51-,52-,53-,54-,55-,59-,60-,61-/m0/s1. The van der Waals surface area contributed by atoms with Crippen molar-refractivity contribution in [3.8, 4) is 0 Å². The summed E-state index contributed by atoms with van der Waals surface area (Å²) in [7, 11) is 0. The lowest BCUT2D eigenvalue weighted by Gasteiger charge is -2.35. The highest BCUT2D eigenvalue weighted by atomic mass is 16.4. The maximum Gasteiger partial charge on any atom is 0.326 e. The molecule has 0 spiro atoms. The van der Waals surface area contributed by atoms with Crippen LogP contribution in [0.4, 0.5) is 0 Å². The lowest BCUT2D eigenvalue weighted by Crippen LogP contribution is -2.62. The van der Waals surface area contributed by atoms with Crippen molar-refractivity contribution < 1.29 is 107 Å². The highest BCUT2D eigenvalue weighted by Gasteiger charge is 2.48. The van der Waals surface area contributed by atoms with Gasteiger partial charge in [0.05, 0.1) is 18.6 Å². The minimum Gasteiger partial charge on any atom is -0.481 e. The van der Waals surface area contributed by atoms with Gasteiger partial charge in [0.2, 0.25) is 88.6 Å². The molecule has 0 bridgehead atoms. The number of aliphatic carboxylic acids is 3. The molecule has 3 aliphatic heterocycles. The number of rotatable bonds is 53. The van der Waals surface area contributed by atoms with E-state index in [1.807, 2.05) is 0 Å². The molecule has 16 atom stereocenters. The fourth-order valence-corrected chi connectivity index (χ4v) is 14.5. The smallest absolute Gasteiger partial charge is 0.326 e. The molecule has 1 aromatic rings. The Labute approximate surface area is 729 Å². The first-order valence-electron chi connectivity index (χ1n) is 42.1. The predicted octanol–water partition coefficient (Wildman–Crippen LogP) is -6.90. The van der Waals surface area contributed by atoms with Crippen LogP contribution in [0, 0.1) is 34.0 Å². The first kappa shape index (κ1) is 106. The number of amides is 15. The molecule has 3 saturated heterocycles. The van der Waals surface area contributed by atoms with Gasteiger partial charge in [0.1, 0.15) is 84.6 Å². The zero-order valence-electron chi connectivity index (χ0n) is 72.4. The molecule has 702 valence electrons. The Morgan fingerprint density at radius 2 is 0.817 bits per heavy atom. The van der Waals surface area contributed by atoms with Gasteiger partial charge < -0.3 is 138 Å². The number of nitrogens with zero attached hydrogens (tertiary/aromatic N) is 3. The number of nitrogens with one attached hydrogen (secondary N) is 17. The highest BCUT2D eigenvalue weighted by Crippen LogP contribution is 2.30. The predicted molar refractivity (Wildman–Crippen MR) is 453 cm³/mol. The number of carboxylic acids is 3. The van der Waals surface area contributed by atoms with E-state index in [4.69, 9.17) is 50.0 Å². The summed E-state index contributed by atoms with van der Waals surface area (Å²) in [5.74, 6) is -21.4. The number of primary amides is 1. The van der Waals surface area contributed by atoms with E-state index in [1.54, 1.807) is 58.0 Å². The summed E-state index contributed by atoms with van der Waals surface area (Å²) in [5, 5.41) is 98.0. The van der Waals surface area contributed by atoms with Gasteiger partial charge in [-0.3, -0.25) is 97.7 Å². The molecule has 126 heavy (non-hydrogen) atoms. The topological polar surface area (TPSA) is 768 Å². The number of carbonyl (C=O) groups excluding carboxylic acids is 15. The van der Waals surface area contributed by atoms with Gasteiger partial charge in [-0.1, -0.05) is 71.9 Å². The molecule has 3 aliphatic rings. The number of aliphatic hydroxyl groups excluding tert-OH is 1. The molecule has 0 aromatic heterocycles. The Kier molecular flexibility index (Phi) is 43.9. The van der Waals surface area contributed by atoms with E-state index in [2.05, 4.69) is 74.4 Å². The maximum absolute atomic E-state index is 14.7. The Hall–Kier alpha value is -12.6. The molecule has 3 fully saturated rings. The molecule has 4 rings (SSSR count). The molecule has 47 nitrogen and oxygen atoms in total. The third-order valence-electron chi connectivity index (χ3n) is 21.2.